The number of hydrogen-bond acceptors (Lipinski definition) is 5. The number of nitrogens with zero attached hydrogens (tertiary/aromatic N) is 2. The van der Waals surface area contributed by atoms with Gasteiger partial charge in [-0.05, 0) is 29.8 Å². The molecule has 1 aliphatic heterocycles. The summed E-state index contributed by atoms with van der Waals surface area (Å²) in [5, 5.41) is 8.86. The Morgan fingerprint density at radius 1 is 1.33 bits per heavy atom. The van der Waals surface area contributed by atoms with Gasteiger partial charge in [0.15, 0.2) is 18.1 Å². The van der Waals surface area contributed by atoms with Gasteiger partial charge in [-0.15, -0.1) is 0 Å². The zero-order chi connectivity index (χ0) is 17.1. The quantitative estimate of drug-likeness (QED) is 0.807. The highest BCUT2D eigenvalue weighted by Crippen LogP contribution is 2.41. The van der Waals surface area contributed by atoms with Gasteiger partial charge >= 0.3 is 0 Å². The van der Waals surface area contributed by atoms with E-state index >= 15 is 0 Å². The standard InChI is InChI=1S/C18H14N2O4/c1-23-16-7-14(10-21)6-15-18(16)24-11-17(22)20(15)9-13-4-2-12(8-19)3-5-13/h2-7,10H,9,11H2,1H3. The lowest BCUT2D eigenvalue weighted by Crippen LogP contribution is -2.38. The van der Waals surface area contributed by atoms with Gasteiger partial charge in [0.25, 0.3) is 5.91 Å². The van der Waals surface area contributed by atoms with Crippen LogP contribution in [0.1, 0.15) is 21.5 Å². The molecule has 0 fully saturated rings. The molecule has 0 N–H and O–H groups in total. The summed E-state index contributed by atoms with van der Waals surface area (Å²) in [5.41, 5.74) is 2.31. The Labute approximate surface area is 138 Å². The van der Waals surface area contributed by atoms with Crippen LogP contribution < -0.4 is 14.4 Å². The molecule has 0 atom stereocenters. The zero-order valence-corrected chi connectivity index (χ0v) is 13.0. The molecule has 0 unspecified atom stereocenters. The van der Waals surface area contributed by atoms with Gasteiger partial charge in [-0.3, -0.25) is 9.59 Å². The molecule has 1 amide bonds. The van der Waals surface area contributed by atoms with Crippen molar-refractivity contribution in [1.82, 2.24) is 0 Å². The second-order valence-electron chi connectivity index (χ2n) is 5.27. The second-order valence-corrected chi connectivity index (χ2v) is 5.27. The van der Waals surface area contributed by atoms with E-state index in [1.54, 1.807) is 41.3 Å². The van der Waals surface area contributed by atoms with Crippen molar-refractivity contribution in [3.8, 4) is 17.6 Å². The first-order valence-corrected chi connectivity index (χ1v) is 7.25. The highest BCUT2D eigenvalue weighted by molar-refractivity contribution is 5.99. The van der Waals surface area contributed by atoms with E-state index in [0.717, 1.165) is 5.56 Å². The van der Waals surface area contributed by atoms with E-state index in [1.165, 1.54) is 7.11 Å². The largest absolute Gasteiger partial charge is 0.493 e. The highest BCUT2D eigenvalue weighted by atomic mass is 16.5. The number of carbonyl (C=O) groups is 2. The van der Waals surface area contributed by atoms with E-state index in [4.69, 9.17) is 14.7 Å². The van der Waals surface area contributed by atoms with E-state index in [-0.39, 0.29) is 12.5 Å². The fourth-order valence-corrected chi connectivity index (χ4v) is 2.56. The molecule has 0 aliphatic carbocycles. The maximum Gasteiger partial charge on any atom is 0.265 e. The summed E-state index contributed by atoms with van der Waals surface area (Å²) in [6.07, 6.45) is 0.696. The number of benzene rings is 2. The Morgan fingerprint density at radius 2 is 2.08 bits per heavy atom. The van der Waals surface area contributed by atoms with Gasteiger partial charge in [0.2, 0.25) is 0 Å². The number of amides is 1. The summed E-state index contributed by atoms with van der Waals surface area (Å²) in [5.74, 6) is 0.639. The predicted octanol–water partition coefficient (Wildman–Crippen LogP) is 2.30. The number of hydrogen-bond donors (Lipinski definition) is 0. The highest BCUT2D eigenvalue weighted by Gasteiger charge is 2.29. The molecule has 6 heteroatoms. The van der Waals surface area contributed by atoms with Gasteiger partial charge in [0.05, 0.1) is 31.0 Å². The minimum absolute atomic E-state index is 0.0971. The lowest BCUT2D eigenvalue weighted by molar-refractivity contribution is -0.121. The van der Waals surface area contributed by atoms with Crippen LogP contribution in [-0.4, -0.2) is 25.9 Å². The monoisotopic (exact) mass is 322 g/mol. The summed E-state index contributed by atoms with van der Waals surface area (Å²) in [6.45, 7) is 0.215. The van der Waals surface area contributed by atoms with Gasteiger partial charge in [0, 0.05) is 5.56 Å². The van der Waals surface area contributed by atoms with Crippen LogP contribution in [0.4, 0.5) is 5.69 Å². The Bertz CT molecular complexity index is 837. The molecule has 0 bridgehead atoms. The molecule has 3 rings (SSSR count). The topological polar surface area (TPSA) is 79.6 Å². The second kappa shape index (κ2) is 6.42. The number of nitriles is 1. The van der Waals surface area contributed by atoms with Crippen LogP contribution in [0.3, 0.4) is 0 Å². The summed E-state index contributed by atoms with van der Waals surface area (Å²) >= 11 is 0. The van der Waals surface area contributed by atoms with E-state index in [1.807, 2.05) is 0 Å². The number of methoxy groups -OCH3 is 1. The molecule has 0 radical (unpaired) electrons. The van der Waals surface area contributed by atoms with Gasteiger partial charge in [-0.25, -0.2) is 0 Å². The fraction of sp³-hybridized carbons (Fsp3) is 0.167. The van der Waals surface area contributed by atoms with Gasteiger partial charge in [0.1, 0.15) is 6.29 Å². The Kier molecular flexibility index (Phi) is 4.17. The first kappa shape index (κ1) is 15.6. The number of aldehydes is 1. The molecule has 0 spiro atoms. The van der Waals surface area contributed by atoms with Crippen molar-refractivity contribution in [1.29, 1.82) is 5.26 Å². The fourth-order valence-electron chi connectivity index (χ4n) is 2.56. The van der Waals surface area contributed by atoms with Crippen molar-refractivity contribution in [2.45, 2.75) is 6.54 Å². The van der Waals surface area contributed by atoms with E-state index in [9.17, 15) is 9.59 Å². The maximum absolute atomic E-state index is 12.3. The smallest absolute Gasteiger partial charge is 0.265 e. The van der Waals surface area contributed by atoms with Crippen LogP contribution in [0.5, 0.6) is 11.5 Å². The first-order valence-electron chi connectivity index (χ1n) is 7.25. The van der Waals surface area contributed by atoms with Crippen LogP contribution in [0.25, 0.3) is 0 Å². The average Bonchev–Trinajstić information content (AvgIpc) is 2.63. The normalized spacial score (nSPS) is 12.8. The van der Waals surface area contributed by atoms with Crippen LogP contribution in [-0.2, 0) is 11.3 Å². The SMILES string of the molecule is COc1cc(C=O)cc2c1OCC(=O)N2Cc1ccc(C#N)cc1. The molecule has 0 saturated carbocycles. The van der Waals surface area contributed by atoms with Crippen LogP contribution in [0.2, 0.25) is 0 Å². The lowest BCUT2D eigenvalue weighted by Gasteiger charge is -2.30. The van der Waals surface area contributed by atoms with Crippen molar-refractivity contribution >= 4 is 17.9 Å². The molecule has 24 heavy (non-hydrogen) atoms. The molecule has 2 aromatic rings. The maximum atomic E-state index is 12.3. The van der Waals surface area contributed by atoms with Crippen molar-refractivity contribution in [2.24, 2.45) is 0 Å². The zero-order valence-electron chi connectivity index (χ0n) is 13.0. The van der Waals surface area contributed by atoms with Crippen molar-refractivity contribution in [3.05, 3.63) is 53.1 Å². The lowest BCUT2D eigenvalue weighted by atomic mass is 10.1. The van der Waals surface area contributed by atoms with Crippen molar-refractivity contribution < 1.29 is 19.1 Å². The molecule has 1 heterocycles. The first-order chi connectivity index (χ1) is 11.7. The van der Waals surface area contributed by atoms with Crippen LogP contribution >= 0.6 is 0 Å². The number of anilines is 1. The third kappa shape index (κ3) is 2.79. The van der Waals surface area contributed by atoms with E-state index in [0.29, 0.717) is 41.1 Å². The molecular weight excluding hydrogens is 308 g/mol. The van der Waals surface area contributed by atoms with Gasteiger partial charge < -0.3 is 14.4 Å². The average molecular weight is 322 g/mol. The van der Waals surface area contributed by atoms with Gasteiger partial charge in [-0.1, -0.05) is 12.1 Å². The molecule has 6 nitrogen and oxygen atoms in total. The minimum atomic E-state index is -0.211. The number of rotatable bonds is 4. The third-order valence-electron chi connectivity index (χ3n) is 3.77. The summed E-state index contributed by atoms with van der Waals surface area (Å²) in [7, 11) is 1.48. The summed E-state index contributed by atoms with van der Waals surface area (Å²) in [4.78, 5) is 25.0. The summed E-state index contributed by atoms with van der Waals surface area (Å²) < 4.78 is 10.7. The molecule has 0 aromatic heterocycles. The summed E-state index contributed by atoms with van der Waals surface area (Å²) in [6, 6.07) is 12.2. The Hall–Kier alpha value is -3.33. The van der Waals surface area contributed by atoms with Gasteiger partial charge in [-0.2, -0.15) is 5.26 Å². The van der Waals surface area contributed by atoms with E-state index < -0.39 is 0 Å². The Balaban J connectivity index is 2.01. The molecule has 2 aromatic carbocycles. The number of fused-ring (bicyclic) bond motifs is 1. The van der Waals surface area contributed by atoms with E-state index in [2.05, 4.69) is 6.07 Å². The molecule has 0 saturated heterocycles. The molecule has 1 aliphatic rings. The van der Waals surface area contributed by atoms with Crippen LogP contribution in [0.15, 0.2) is 36.4 Å². The number of carbonyl (C=O) groups excluding carboxylic acids is 2. The van der Waals surface area contributed by atoms with Crippen molar-refractivity contribution in [3.63, 3.8) is 0 Å². The van der Waals surface area contributed by atoms with Crippen LogP contribution in [0, 0.1) is 11.3 Å². The number of ether oxygens (including phenoxy) is 2. The molecule has 120 valence electrons. The molecular formula is C18H14N2O4. The predicted molar refractivity (Wildman–Crippen MR) is 86.2 cm³/mol. The Morgan fingerprint density at radius 3 is 2.71 bits per heavy atom. The third-order valence-corrected chi connectivity index (χ3v) is 3.77. The van der Waals surface area contributed by atoms with Crippen molar-refractivity contribution in [2.75, 3.05) is 18.6 Å². The minimum Gasteiger partial charge on any atom is -0.493 e.